The first kappa shape index (κ1) is 36.1. The van der Waals surface area contributed by atoms with Crippen molar-refractivity contribution >= 4 is 46.2 Å². The Morgan fingerprint density at radius 2 is 1.30 bits per heavy atom. The Balaban J connectivity index is 1.32. The minimum Gasteiger partial charge on any atom is -0.455 e. The summed E-state index contributed by atoms with van der Waals surface area (Å²) in [7, 11) is -1.78. The lowest BCUT2D eigenvalue weighted by Gasteiger charge is -2.24. The number of rotatable bonds is 4. The van der Waals surface area contributed by atoms with Crippen LogP contribution in [0.4, 0.5) is 0 Å². The van der Waals surface area contributed by atoms with Crippen molar-refractivity contribution in [2.45, 2.75) is 51.5 Å². The van der Waals surface area contributed by atoms with E-state index in [1.54, 1.807) is 0 Å². The maximum atomic E-state index is 7.15. The highest BCUT2D eigenvalue weighted by atomic mass is 28.3. The normalized spacial score (nSPS) is 15.4. The second-order valence-corrected chi connectivity index (χ2v) is 24.1. The summed E-state index contributed by atoms with van der Waals surface area (Å²) < 4.78 is 15.0. The number of para-hydroxylation sites is 3. The van der Waals surface area contributed by atoms with Crippen LogP contribution in [0.1, 0.15) is 37.5 Å². The minimum atomic E-state index is -1.78. The zero-order valence-electron chi connectivity index (χ0n) is 35.5. The highest BCUT2D eigenvalue weighted by Crippen LogP contribution is 2.53. The van der Waals surface area contributed by atoms with Gasteiger partial charge in [-0.1, -0.05) is 150 Å². The molecule has 3 aromatic heterocycles. The molecule has 5 heterocycles. The van der Waals surface area contributed by atoms with Crippen LogP contribution in [0.15, 0.2) is 180 Å². The molecule has 0 amide bonds. The molecule has 0 aliphatic carbocycles. The molecule has 1 spiro atoms. The summed E-state index contributed by atoms with van der Waals surface area (Å²) in [4.78, 5) is 0. The van der Waals surface area contributed by atoms with Gasteiger partial charge in [0.1, 0.15) is 16.8 Å². The summed E-state index contributed by atoms with van der Waals surface area (Å²) in [6, 6.07) is 62.9. The van der Waals surface area contributed by atoms with E-state index in [2.05, 4.69) is 230 Å². The second-order valence-electron chi connectivity index (χ2n) is 19.0. The maximum absolute atomic E-state index is 7.15. The Morgan fingerprint density at radius 3 is 2.07 bits per heavy atom. The number of benzene rings is 7. The summed E-state index contributed by atoms with van der Waals surface area (Å²) in [5.74, 6) is 1.11. The first-order chi connectivity index (χ1) is 29.5. The average molecular weight is 806 g/mol. The van der Waals surface area contributed by atoms with Gasteiger partial charge in [-0.25, -0.2) is 0 Å². The Labute approximate surface area is 357 Å². The van der Waals surface area contributed by atoms with Crippen molar-refractivity contribution in [1.82, 2.24) is 4.57 Å². The van der Waals surface area contributed by atoms with Crippen LogP contribution in [0.25, 0.3) is 83.6 Å². The van der Waals surface area contributed by atoms with E-state index < -0.39 is 13.7 Å². The Bertz CT molecular complexity index is 3370. The van der Waals surface area contributed by atoms with Gasteiger partial charge in [0.15, 0.2) is 22.8 Å². The second kappa shape index (κ2) is 12.6. The molecule has 0 fully saturated rings. The predicted molar refractivity (Wildman–Crippen MR) is 252 cm³/mol. The largest absolute Gasteiger partial charge is 0.455 e. The van der Waals surface area contributed by atoms with Crippen molar-refractivity contribution in [3.8, 4) is 50.6 Å². The van der Waals surface area contributed by atoms with E-state index >= 15 is 0 Å². The molecule has 10 aromatic rings. The summed E-state index contributed by atoms with van der Waals surface area (Å²) in [5, 5.41) is 3.67. The van der Waals surface area contributed by atoms with E-state index in [1.807, 2.05) is 0 Å². The fourth-order valence-electron chi connectivity index (χ4n) is 10.4. The molecular formula is C56H47N3OSi+2. The van der Waals surface area contributed by atoms with Crippen molar-refractivity contribution in [3.63, 3.8) is 0 Å². The number of hydrogen-bond donors (Lipinski definition) is 0. The van der Waals surface area contributed by atoms with Crippen LogP contribution in [-0.4, -0.2) is 12.6 Å². The van der Waals surface area contributed by atoms with Crippen molar-refractivity contribution in [2.24, 2.45) is 0 Å². The lowest BCUT2D eigenvalue weighted by atomic mass is 9.82. The van der Waals surface area contributed by atoms with Gasteiger partial charge in [-0.3, -0.25) is 0 Å². The van der Waals surface area contributed by atoms with E-state index in [0.717, 1.165) is 50.0 Å². The third-order valence-electron chi connectivity index (χ3n) is 13.4. The minimum absolute atomic E-state index is 0.0623. The fourth-order valence-corrected chi connectivity index (χ4v) is 11.5. The molecule has 61 heavy (non-hydrogen) atoms. The molecule has 0 radical (unpaired) electrons. The molecule has 5 heteroatoms. The van der Waals surface area contributed by atoms with Crippen LogP contribution in [0.2, 0.25) is 19.6 Å². The van der Waals surface area contributed by atoms with Crippen LogP contribution in [0.5, 0.6) is 0 Å². The van der Waals surface area contributed by atoms with E-state index in [-0.39, 0.29) is 5.41 Å². The first-order valence-corrected chi connectivity index (χ1v) is 25.0. The van der Waals surface area contributed by atoms with Gasteiger partial charge in [-0.2, -0.15) is 4.57 Å². The van der Waals surface area contributed by atoms with Crippen molar-refractivity contribution in [2.75, 3.05) is 0 Å². The summed E-state index contributed by atoms with van der Waals surface area (Å²) in [6.45, 7) is 14.4. The van der Waals surface area contributed by atoms with Gasteiger partial charge in [0.05, 0.1) is 24.8 Å². The molecule has 1 atom stereocenters. The smallest absolute Gasteiger partial charge is 0.364 e. The van der Waals surface area contributed by atoms with Crippen molar-refractivity contribution in [3.05, 3.63) is 193 Å². The lowest BCUT2D eigenvalue weighted by molar-refractivity contribution is -0.944. The zero-order chi connectivity index (χ0) is 41.4. The van der Waals surface area contributed by atoms with Crippen LogP contribution in [-0.2, 0) is 11.1 Å². The first-order valence-electron chi connectivity index (χ1n) is 21.5. The van der Waals surface area contributed by atoms with Crippen LogP contribution < -0.4 is 14.3 Å². The Morgan fingerprint density at radius 1 is 0.590 bits per heavy atom. The molecule has 4 nitrogen and oxygen atoms in total. The number of pyridine rings is 1. The summed E-state index contributed by atoms with van der Waals surface area (Å²) in [6.07, 6.45) is 2.50. The molecule has 294 valence electrons. The Kier molecular flexibility index (Phi) is 7.45. The summed E-state index contributed by atoms with van der Waals surface area (Å²) >= 11 is 0. The molecule has 7 aromatic carbocycles. The van der Waals surface area contributed by atoms with Gasteiger partial charge >= 0.3 is 11.5 Å². The predicted octanol–water partition coefficient (Wildman–Crippen LogP) is 12.5. The number of hydrogen-bond acceptors (Lipinski definition) is 1. The maximum Gasteiger partial charge on any atom is 0.364 e. The molecule has 2 aliphatic heterocycles. The Hall–Kier alpha value is -6.82. The molecule has 0 bridgehead atoms. The monoisotopic (exact) mass is 805 g/mol. The van der Waals surface area contributed by atoms with Crippen LogP contribution in [0, 0.1) is 0 Å². The standard InChI is InChI=1S/C56H47N3OSi/c1-55(2,3)39-26-29-44-46(34-39)56(57-35-40(61(4,5)6)27-32-47(44)57)45-31-30-43-42-21-13-16-24-51(42)60-53(43)52(45)54-58(48-22-14-15-23-49(48)59(54)56)50-33-38(36-17-9-7-10-18-36)25-28-41(50)37-19-11-8-12-20-37/h7-35H,1-6H3/q+2. The third-order valence-corrected chi connectivity index (χ3v) is 15.4. The topological polar surface area (TPSA) is 25.8 Å². The summed E-state index contributed by atoms with van der Waals surface area (Å²) in [5.41, 5.74) is 16.5. The number of furan rings is 1. The van der Waals surface area contributed by atoms with E-state index in [1.165, 1.54) is 55.4 Å². The van der Waals surface area contributed by atoms with Crippen LogP contribution >= 0.6 is 0 Å². The van der Waals surface area contributed by atoms with Gasteiger partial charge in [0, 0.05) is 27.6 Å². The van der Waals surface area contributed by atoms with E-state index in [9.17, 15) is 0 Å². The van der Waals surface area contributed by atoms with Gasteiger partial charge in [-0.05, 0) is 82.3 Å². The fraction of sp³-hybridized carbons (Fsp3) is 0.143. The van der Waals surface area contributed by atoms with Gasteiger partial charge in [0.25, 0.3) is 0 Å². The van der Waals surface area contributed by atoms with Crippen molar-refractivity contribution < 1.29 is 13.6 Å². The van der Waals surface area contributed by atoms with E-state index in [0.29, 0.717) is 0 Å². The molecular weight excluding hydrogens is 759 g/mol. The molecule has 2 aliphatic rings. The van der Waals surface area contributed by atoms with Crippen LogP contribution in [0.3, 0.4) is 0 Å². The lowest BCUT2D eigenvalue weighted by Crippen LogP contribution is -2.72. The molecule has 0 saturated carbocycles. The highest BCUT2D eigenvalue weighted by Gasteiger charge is 2.67. The van der Waals surface area contributed by atoms with Gasteiger partial charge < -0.3 is 4.42 Å². The molecule has 0 N–H and O–H groups in total. The third kappa shape index (κ3) is 4.98. The quantitative estimate of drug-likeness (QED) is 0.128. The van der Waals surface area contributed by atoms with Crippen molar-refractivity contribution in [1.29, 1.82) is 0 Å². The number of fused-ring (bicyclic) bond motifs is 16. The SMILES string of the molecule is CC(C)(C)c1ccc2c(c1)C1(c3ccc4c(oc5ccccc54)c3-c3n(-c4cc(-c5ccccc5)ccc4-c4ccccc4)c4ccccc4[n+]31)[n+]1cc([Si](C)(C)C)ccc1-2. The molecule has 1 unspecified atom stereocenters. The van der Waals surface area contributed by atoms with Gasteiger partial charge in [0.2, 0.25) is 5.69 Å². The average Bonchev–Trinajstić information content (AvgIpc) is 3.99. The zero-order valence-corrected chi connectivity index (χ0v) is 36.5. The molecule has 0 saturated heterocycles. The number of imidazole rings is 1. The van der Waals surface area contributed by atoms with Gasteiger partial charge in [-0.15, -0.1) is 9.13 Å². The molecule has 12 rings (SSSR count). The number of aromatic nitrogens is 3. The highest BCUT2D eigenvalue weighted by molar-refractivity contribution is 6.88. The van der Waals surface area contributed by atoms with E-state index in [4.69, 9.17) is 4.42 Å². The number of nitrogens with zero attached hydrogens (tertiary/aromatic N) is 3.